The quantitative estimate of drug-likeness (QED) is 0.0462. The van der Waals surface area contributed by atoms with Gasteiger partial charge in [0.1, 0.15) is 44.2 Å². The van der Waals surface area contributed by atoms with Gasteiger partial charge >= 0.3 is 29.8 Å². The van der Waals surface area contributed by atoms with Crippen molar-refractivity contribution in [2.24, 2.45) is 32.5 Å². The van der Waals surface area contributed by atoms with Crippen LogP contribution in [0.1, 0.15) is 256 Å². The lowest BCUT2D eigenvalue weighted by Gasteiger charge is -2.22. The Morgan fingerprint density at radius 1 is 0.360 bits per heavy atom. The highest BCUT2D eigenvalue weighted by atomic mass is 16.6. The summed E-state index contributed by atoms with van der Waals surface area (Å²) in [6.07, 6.45) is 43.8. The molecule has 0 saturated carbocycles. The summed E-state index contributed by atoms with van der Waals surface area (Å²) in [5.41, 5.74) is 19.8. The lowest BCUT2D eigenvalue weighted by molar-refractivity contribution is -0.142. The van der Waals surface area contributed by atoms with E-state index in [1.54, 1.807) is 0 Å². The topological polar surface area (TPSA) is 229 Å². The van der Waals surface area contributed by atoms with Crippen LogP contribution in [-0.2, 0) is 75.4 Å². The summed E-state index contributed by atoms with van der Waals surface area (Å²) < 4.78 is 24.0. The molecule has 0 fully saturated rings. The molecule has 1 N–H and O–H groups in total. The first-order chi connectivity index (χ1) is 60.4. The van der Waals surface area contributed by atoms with Crippen LogP contribution in [0.2, 0.25) is 0 Å². The monoisotopic (exact) mass is 1690 g/mol. The van der Waals surface area contributed by atoms with Gasteiger partial charge in [-0.25, -0.2) is 24.0 Å². The summed E-state index contributed by atoms with van der Waals surface area (Å²) >= 11 is 0. The number of allylic oxidation sites excluding steroid dienone is 12. The third kappa shape index (κ3) is 33.7. The molecule has 4 atom stereocenters. The number of hydrogen-bond acceptors (Lipinski definition) is 17. The van der Waals surface area contributed by atoms with Gasteiger partial charge in [-0.2, -0.15) is 0 Å². The van der Waals surface area contributed by atoms with Gasteiger partial charge < -0.3 is 43.4 Å². The van der Waals surface area contributed by atoms with Crippen LogP contribution in [0, 0.1) is 67.2 Å². The summed E-state index contributed by atoms with van der Waals surface area (Å²) in [4.78, 5) is 85.2. The molecule has 0 unspecified atom stereocenters. The van der Waals surface area contributed by atoms with E-state index >= 15 is 0 Å². The Hall–Kier alpha value is -12.3. The molecule has 0 aromatic heterocycles. The molecule has 4 aliphatic rings. The Kier molecular flexibility index (Phi) is 41.6. The van der Waals surface area contributed by atoms with Crippen LogP contribution in [0.25, 0.3) is 0 Å². The Morgan fingerprint density at radius 2 is 0.640 bits per heavy atom. The Labute approximate surface area is 741 Å². The Bertz CT molecular complexity index is 5080. The molecule has 0 saturated heterocycles. The fourth-order valence-corrected chi connectivity index (χ4v) is 15.0. The number of carboxylic acids is 1. The number of aryl methyl sites for hydroxylation is 8. The first-order valence-corrected chi connectivity index (χ1v) is 44.0. The second-order valence-corrected chi connectivity index (χ2v) is 32.5. The minimum absolute atomic E-state index is 0.132. The number of carboxylic acid groups (broad SMARTS) is 1. The van der Waals surface area contributed by atoms with Gasteiger partial charge in [-0.15, -0.1) is 0 Å². The van der Waals surface area contributed by atoms with E-state index in [0.29, 0.717) is 92.7 Å². The van der Waals surface area contributed by atoms with Crippen molar-refractivity contribution >= 4 is 52.7 Å². The number of aliphatic carboxylic acids is 1. The molecular formula is C107H128N4O14. The first kappa shape index (κ1) is 98.1. The molecule has 0 radical (unpaired) electrons. The standard InChI is InChI=1S/C32H33NO3.C27H31NO3.C24H31NO5.C24H33NO3/c1-24-20-25(2)31-28(21-24)22-29(33-35-23-26-14-8-6-9-15-26)18-12-4-3-5-13-19-30(36-32(31)34)27-16-10-7-11-17-27;1-4-30-28-24-15-11-6-5-7-12-16-25(22-13-9-8-10-14-22)31-27(29)26-21(3)17-20(2)18-23(26)19-24;1-16(2)21-11-9-7-5-6-8-10-20(25-29-15-22(26)27)14-19-13-17(3)12-18(4)23(19)24(28)30-21;1-6-27-25-21-12-10-8-7-9-11-13-22(17(2)3)28-24(26)23-19(5)14-18(4)15-20(23)16-21/h5-18,20-21,30H,3-4,19,22-23H2,1-2H3;7-15,17-18,25H,4-6,16,19H2,1-3H3;7-10,12-13,16,21H,5-6,11,14-15H2,1-4H3,(H,26,27);9-12,14-15,17,22H,6-8,13,16H2,1-5H3/b13-5+,18-12+,33-29?;12-7+,15-11+,28-24?;9-7+,10-8+,25-20?;11-9+,12-10+,25-21?/t30-;25-;21-;22-/m0000/s1. The summed E-state index contributed by atoms with van der Waals surface area (Å²) in [6, 6.07) is 46.0. The number of oxime groups is 4. The van der Waals surface area contributed by atoms with E-state index in [4.69, 9.17) is 43.4 Å². The van der Waals surface area contributed by atoms with Crippen LogP contribution in [-0.4, -0.2) is 89.8 Å². The summed E-state index contributed by atoms with van der Waals surface area (Å²) in [5, 5.41) is 25.8. The van der Waals surface area contributed by atoms with Gasteiger partial charge in [0.05, 0.1) is 45.1 Å². The van der Waals surface area contributed by atoms with Crippen molar-refractivity contribution in [3.63, 3.8) is 0 Å². The lowest BCUT2D eigenvalue weighted by atomic mass is 9.94. The lowest BCUT2D eigenvalue weighted by Crippen LogP contribution is -2.25. The number of ether oxygens (including phenoxy) is 4. The van der Waals surface area contributed by atoms with Crippen molar-refractivity contribution < 1.29 is 67.4 Å². The minimum atomic E-state index is -1.09. The number of rotatable bonds is 14. The molecule has 0 aliphatic carbocycles. The average Bonchev–Trinajstić information content (AvgIpc) is 0.833. The van der Waals surface area contributed by atoms with Crippen LogP contribution in [0.3, 0.4) is 0 Å². The SMILES string of the molecule is CCON=C1/C=C/CC/C=C/C[C@@H](C(C)C)OC(=O)c2c(C)cc(C)cc2C1.CCON=C1/C=C/CC/C=C/C[C@@H](c2ccccc2)OC(=O)c2c(C)cc(C)cc2C1.Cc1cc(C)c2c(c1)CC(=NOCC(=O)O)/C=C/CC/C=C/C[C@@H](C(C)C)OC2=O.Cc1cc(C)c2c(c1)CC(=NOCc1ccccc1)/C=C/CC/C=C/C[C@@H](c1ccccc1)OC2=O. The number of carbonyl (C=O) groups is 5. The van der Waals surface area contributed by atoms with Gasteiger partial charge in [-0.1, -0.05) is 283 Å². The van der Waals surface area contributed by atoms with Gasteiger partial charge in [0.15, 0.2) is 0 Å². The highest BCUT2D eigenvalue weighted by Crippen LogP contribution is 2.32. The zero-order chi connectivity index (χ0) is 89.8. The smallest absolute Gasteiger partial charge is 0.344 e. The molecule has 660 valence electrons. The van der Waals surface area contributed by atoms with E-state index in [2.05, 4.69) is 107 Å². The van der Waals surface area contributed by atoms with Crippen molar-refractivity contribution in [3.8, 4) is 0 Å². The molecule has 7 aromatic rings. The normalized spacial score (nSPS) is 21.0. The molecule has 11 rings (SSSR count). The maximum atomic E-state index is 13.6. The molecule has 0 bridgehead atoms. The van der Waals surface area contributed by atoms with Gasteiger partial charge in [0.25, 0.3) is 0 Å². The van der Waals surface area contributed by atoms with Crippen LogP contribution >= 0.6 is 0 Å². The molecular weight excluding hydrogens is 1570 g/mol. The number of cyclic esters (lactones) is 4. The molecule has 125 heavy (non-hydrogen) atoms. The zero-order valence-electron chi connectivity index (χ0n) is 75.7. The number of hydrogen-bond donors (Lipinski definition) is 1. The van der Waals surface area contributed by atoms with Gasteiger partial charge in [0, 0.05) is 51.4 Å². The minimum Gasteiger partial charge on any atom is -0.479 e. The van der Waals surface area contributed by atoms with Crippen LogP contribution in [0.15, 0.2) is 257 Å². The predicted molar refractivity (Wildman–Crippen MR) is 502 cm³/mol. The average molecular weight is 1690 g/mol. The number of carbonyl (C=O) groups excluding carboxylic acids is 4. The Morgan fingerprint density at radius 3 is 0.944 bits per heavy atom. The van der Waals surface area contributed by atoms with Crippen LogP contribution in [0.5, 0.6) is 0 Å². The summed E-state index contributed by atoms with van der Waals surface area (Å²) in [7, 11) is 0. The Balaban J connectivity index is 0.000000207. The van der Waals surface area contributed by atoms with Crippen LogP contribution < -0.4 is 0 Å². The third-order valence-corrected chi connectivity index (χ3v) is 21.0. The van der Waals surface area contributed by atoms with Crippen molar-refractivity contribution in [2.75, 3.05) is 19.8 Å². The van der Waals surface area contributed by atoms with Gasteiger partial charge in [0.2, 0.25) is 6.61 Å². The largest absolute Gasteiger partial charge is 0.479 e. The molecule has 4 aliphatic heterocycles. The van der Waals surface area contributed by atoms with Crippen molar-refractivity contribution in [1.29, 1.82) is 0 Å². The second-order valence-electron chi connectivity index (χ2n) is 32.5. The second kappa shape index (κ2) is 53.0. The molecule has 7 aromatic carbocycles. The van der Waals surface area contributed by atoms with Gasteiger partial charge in [-0.05, 0) is 218 Å². The highest BCUT2D eigenvalue weighted by Gasteiger charge is 2.29. The molecule has 18 nitrogen and oxygen atoms in total. The van der Waals surface area contributed by atoms with E-state index in [1.807, 2.05) is 247 Å². The molecule has 4 heterocycles. The third-order valence-electron chi connectivity index (χ3n) is 21.0. The number of esters is 4. The van der Waals surface area contributed by atoms with E-state index in [9.17, 15) is 24.0 Å². The molecule has 18 heteroatoms. The van der Waals surface area contributed by atoms with E-state index in [0.717, 1.165) is 158 Å². The summed E-state index contributed by atoms with van der Waals surface area (Å²) in [6.45, 7) is 28.9. The predicted octanol–water partition coefficient (Wildman–Crippen LogP) is 24.5. The fraction of sp³-hybridized carbons (Fsp3) is 0.374. The number of nitrogens with zero attached hydrogens (tertiary/aromatic N) is 4. The van der Waals surface area contributed by atoms with Crippen LogP contribution in [0.4, 0.5) is 0 Å². The highest BCUT2D eigenvalue weighted by molar-refractivity contribution is 6.03. The number of fused-ring (bicyclic) bond motifs is 4. The van der Waals surface area contributed by atoms with E-state index < -0.39 is 12.6 Å². The summed E-state index contributed by atoms with van der Waals surface area (Å²) in [5.74, 6) is -1.85. The van der Waals surface area contributed by atoms with Crippen molar-refractivity contribution in [2.45, 2.75) is 231 Å². The first-order valence-electron chi connectivity index (χ1n) is 44.0. The van der Waals surface area contributed by atoms with Gasteiger partial charge in [-0.3, -0.25) is 0 Å². The maximum absolute atomic E-state index is 13.6. The van der Waals surface area contributed by atoms with Crippen molar-refractivity contribution in [3.05, 3.63) is 342 Å². The van der Waals surface area contributed by atoms with E-state index in [1.165, 1.54) is 0 Å². The van der Waals surface area contributed by atoms with E-state index in [-0.39, 0.29) is 60.1 Å². The van der Waals surface area contributed by atoms with Crippen molar-refractivity contribution in [1.82, 2.24) is 0 Å². The fourth-order valence-electron chi connectivity index (χ4n) is 15.0. The molecule has 0 spiro atoms. The zero-order valence-corrected chi connectivity index (χ0v) is 75.7. The number of benzene rings is 7. The maximum Gasteiger partial charge on any atom is 0.344 e. The molecule has 0 amide bonds.